The maximum Gasteiger partial charge on any atom is 0.381 e. The second-order valence-electron chi connectivity index (χ2n) is 11.2. The van der Waals surface area contributed by atoms with E-state index in [2.05, 4.69) is 163 Å². The van der Waals surface area contributed by atoms with Gasteiger partial charge in [-0.2, -0.15) is 0 Å². The van der Waals surface area contributed by atoms with Crippen LogP contribution in [0.2, 0.25) is 0 Å². The van der Waals surface area contributed by atoms with Crippen molar-refractivity contribution in [1.82, 2.24) is 33.4 Å². The molecule has 2 aromatic heterocycles. The van der Waals surface area contributed by atoms with Gasteiger partial charge in [0.15, 0.2) is 5.82 Å². The van der Waals surface area contributed by atoms with Gasteiger partial charge < -0.3 is 23.5 Å². The van der Waals surface area contributed by atoms with Crippen LogP contribution in [0, 0.1) is 0 Å². The normalized spacial score (nSPS) is 18.3. The quantitative estimate of drug-likeness (QED) is 0.325. The van der Waals surface area contributed by atoms with E-state index in [1.165, 1.54) is 0 Å². The van der Waals surface area contributed by atoms with E-state index in [1.807, 2.05) is 12.3 Å². The minimum absolute atomic E-state index is 0.0419. The van der Waals surface area contributed by atoms with Crippen LogP contribution in [0.25, 0.3) is 33.2 Å². The van der Waals surface area contributed by atoms with Gasteiger partial charge in [0.05, 0.1) is 17.2 Å². The van der Waals surface area contributed by atoms with Gasteiger partial charge in [-0.15, -0.1) is 0 Å². The van der Waals surface area contributed by atoms with Gasteiger partial charge in [0.1, 0.15) is 5.52 Å². The van der Waals surface area contributed by atoms with E-state index >= 15 is 0 Å². The second kappa shape index (κ2) is 9.63. The Hall–Kier alpha value is -5.30. The fraction of sp³-hybridized carbons (Fsp3) is 0. The molecule has 5 aliphatic rings. The summed E-state index contributed by atoms with van der Waals surface area (Å²) in [5, 5.41) is 1.12. The molecule has 0 saturated carbocycles. The predicted octanol–water partition coefficient (Wildman–Crippen LogP) is 5.07. The van der Waals surface area contributed by atoms with Gasteiger partial charge in [-0.3, -0.25) is 0 Å². The maximum atomic E-state index is 5.22. The molecule has 0 spiro atoms. The monoisotopic (exact) mass is 551 g/mol. The molecular formula is C32H25B4N7. The first-order valence-electron chi connectivity index (χ1n) is 14.7. The number of hydrogen-bond acceptors (Lipinski definition) is 6. The standard InChI is InChI=1S/C32H25B4N7/c1-2-12-27(13-3-1)43-29-15-5-4-14-28(29)31-30(43)25-37-32(38-31)26-16-23-42-35-19-7-10-21-40(35)33-17-6-9-20-39(33)34-18-8-11-22-41(34)36(42)24-26/h1-25H. The summed E-state index contributed by atoms with van der Waals surface area (Å²) >= 11 is 0. The van der Waals surface area contributed by atoms with E-state index in [9.17, 15) is 0 Å². The summed E-state index contributed by atoms with van der Waals surface area (Å²) in [6.45, 7) is 0.118. The Morgan fingerprint density at radius 2 is 1.16 bits per heavy atom. The van der Waals surface area contributed by atoms with Gasteiger partial charge in [-0.1, -0.05) is 78.5 Å². The number of hydrogen-bond donors (Lipinski definition) is 0. The molecule has 0 unspecified atom stereocenters. The molecule has 5 aliphatic heterocycles. The Bertz CT molecular complexity index is 1980. The molecule has 0 N–H and O–H groups in total. The summed E-state index contributed by atoms with van der Waals surface area (Å²) in [7, 11) is 0. The van der Waals surface area contributed by atoms with Crippen LogP contribution in [0.4, 0.5) is 0 Å². The third-order valence-corrected chi connectivity index (χ3v) is 8.84. The molecular weight excluding hydrogens is 526 g/mol. The number of fused-ring (bicyclic) bond motifs is 11. The Balaban J connectivity index is 1.18. The van der Waals surface area contributed by atoms with Crippen LogP contribution in [0.5, 0.6) is 0 Å². The average molecular weight is 551 g/mol. The highest BCUT2D eigenvalue weighted by molar-refractivity contribution is 6.92. The van der Waals surface area contributed by atoms with Crippen LogP contribution in [-0.2, 0) is 0 Å². The summed E-state index contributed by atoms with van der Waals surface area (Å²) in [6.07, 6.45) is 25.7. The Kier molecular flexibility index (Phi) is 5.44. The van der Waals surface area contributed by atoms with Gasteiger partial charge >= 0.3 is 27.9 Å². The van der Waals surface area contributed by atoms with E-state index in [0.29, 0.717) is 0 Å². The van der Waals surface area contributed by atoms with Crippen molar-refractivity contribution >= 4 is 55.4 Å². The van der Waals surface area contributed by atoms with E-state index in [4.69, 9.17) is 9.97 Å². The summed E-state index contributed by atoms with van der Waals surface area (Å²) in [6, 6.07) is 18.9. The molecule has 9 rings (SSSR count). The lowest BCUT2D eigenvalue weighted by molar-refractivity contribution is 0.622. The van der Waals surface area contributed by atoms with E-state index in [0.717, 1.165) is 39.0 Å². The second-order valence-corrected chi connectivity index (χ2v) is 11.2. The van der Waals surface area contributed by atoms with Crippen molar-refractivity contribution in [2.24, 2.45) is 0 Å². The lowest BCUT2D eigenvalue weighted by atomic mass is 9.41. The lowest BCUT2D eigenvalue weighted by Crippen LogP contribution is -2.73. The van der Waals surface area contributed by atoms with Crippen LogP contribution in [0.15, 0.2) is 152 Å². The van der Waals surface area contributed by atoms with Gasteiger partial charge in [-0.25, -0.2) is 9.97 Å². The van der Waals surface area contributed by atoms with Crippen molar-refractivity contribution in [3.05, 3.63) is 158 Å². The van der Waals surface area contributed by atoms with Crippen molar-refractivity contribution in [1.29, 1.82) is 0 Å². The first-order chi connectivity index (χ1) is 21.3. The van der Waals surface area contributed by atoms with Crippen molar-refractivity contribution < 1.29 is 0 Å². The number of benzene rings is 2. The molecule has 2 aromatic carbocycles. The van der Waals surface area contributed by atoms with Crippen LogP contribution < -0.4 is 0 Å². The van der Waals surface area contributed by atoms with Crippen molar-refractivity contribution in [3.8, 4) is 5.69 Å². The summed E-state index contributed by atoms with van der Waals surface area (Å²) in [5.41, 5.74) is 5.19. The van der Waals surface area contributed by atoms with Crippen LogP contribution >= 0.6 is 0 Å². The largest absolute Gasteiger partial charge is 0.423 e. The fourth-order valence-corrected chi connectivity index (χ4v) is 6.92. The summed E-state index contributed by atoms with van der Waals surface area (Å²) in [4.78, 5) is 10.2. The smallest absolute Gasteiger partial charge is 0.381 e. The van der Waals surface area contributed by atoms with Crippen LogP contribution in [-0.4, -0.2) is 61.4 Å². The topological polar surface area (TPSA) is 43.7 Å². The first kappa shape index (κ1) is 24.3. The minimum Gasteiger partial charge on any atom is -0.423 e. The van der Waals surface area contributed by atoms with E-state index in [1.54, 1.807) is 0 Å². The molecule has 0 bridgehead atoms. The zero-order valence-electron chi connectivity index (χ0n) is 23.4. The van der Waals surface area contributed by atoms with E-state index in [-0.39, 0.29) is 27.9 Å². The third kappa shape index (κ3) is 3.74. The molecule has 1 saturated heterocycles. The van der Waals surface area contributed by atoms with Gasteiger partial charge in [0.25, 0.3) is 0 Å². The number of para-hydroxylation sites is 2. The highest BCUT2D eigenvalue weighted by Gasteiger charge is 2.49. The molecule has 7 heterocycles. The highest BCUT2D eigenvalue weighted by Crippen LogP contribution is 2.34. The Labute approximate surface area is 252 Å². The number of allylic oxidation sites excluding steroid dienone is 8. The molecule has 0 amide bonds. The Morgan fingerprint density at radius 1 is 0.558 bits per heavy atom. The van der Waals surface area contributed by atoms with Crippen LogP contribution in [0.1, 0.15) is 5.82 Å². The third-order valence-electron chi connectivity index (χ3n) is 8.84. The fourth-order valence-electron chi connectivity index (χ4n) is 6.92. The number of aromatic nitrogens is 3. The van der Waals surface area contributed by atoms with Gasteiger partial charge in [0, 0.05) is 16.6 Å². The van der Waals surface area contributed by atoms with Crippen LogP contribution in [0.3, 0.4) is 0 Å². The van der Waals surface area contributed by atoms with Crippen molar-refractivity contribution in [2.45, 2.75) is 0 Å². The van der Waals surface area contributed by atoms with Gasteiger partial charge in [0.2, 0.25) is 0 Å². The molecule has 0 radical (unpaired) electrons. The zero-order valence-corrected chi connectivity index (χ0v) is 23.4. The molecule has 0 aliphatic carbocycles. The van der Waals surface area contributed by atoms with Crippen molar-refractivity contribution in [2.75, 3.05) is 0 Å². The highest BCUT2D eigenvalue weighted by atomic mass is 15.3. The Morgan fingerprint density at radius 3 is 1.86 bits per heavy atom. The molecule has 200 valence electrons. The molecule has 1 fully saturated rings. The van der Waals surface area contributed by atoms with Gasteiger partial charge in [-0.05, 0) is 67.3 Å². The summed E-state index contributed by atoms with van der Waals surface area (Å²) in [5.74, 6) is 9.84. The summed E-state index contributed by atoms with van der Waals surface area (Å²) < 4.78 is 11.9. The predicted molar refractivity (Wildman–Crippen MR) is 179 cm³/mol. The number of rotatable bonds is 2. The zero-order chi connectivity index (χ0) is 28.3. The molecule has 43 heavy (non-hydrogen) atoms. The average Bonchev–Trinajstić information content (AvgIpc) is 3.41. The lowest BCUT2D eigenvalue weighted by Gasteiger charge is -2.53. The van der Waals surface area contributed by atoms with Crippen molar-refractivity contribution in [3.63, 3.8) is 0 Å². The maximum absolute atomic E-state index is 5.22. The van der Waals surface area contributed by atoms with E-state index < -0.39 is 0 Å². The molecule has 4 aromatic rings. The SMILES string of the molecule is C1=CB2N(C=C1)B1C=CC=CN1B1C=C(c3ncc4c(n3)c3ccccc3n4-c3ccccc3)C=CN1B1C=CC=CN21. The molecule has 7 nitrogen and oxygen atoms in total. The molecule has 0 atom stereocenters. The number of nitrogens with zero attached hydrogens (tertiary/aromatic N) is 7. The minimum atomic E-state index is -0.0555. The first-order valence-corrected chi connectivity index (χ1v) is 14.7. The molecule has 11 heteroatoms.